The van der Waals surface area contributed by atoms with Gasteiger partial charge in [-0.2, -0.15) is 0 Å². The van der Waals surface area contributed by atoms with Gasteiger partial charge in [-0.3, -0.25) is 0 Å². The lowest BCUT2D eigenvalue weighted by Crippen LogP contribution is -2.59. The first-order valence-corrected chi connectivity index (χ1v) is 12.2. The van der Waals surface area contributed by atoms with E-state index in [1.807, 2.05) is 0 Å². The second kappa shape index (κ2) is 12.0. The zero-order valence-electron chi connectivity index (χ0n) is 21.0. The van der Waals surface area contributed by atoms with Gasteiger partial charge in [0, 0.05) is 18.4 Å². The van der Waals surface area contributed by atoms with Crippen LogP contribution < -0.4 is 9.47 Å². The van der Waals surface area contributed by atoms with Crippen molar-refractivity contribution in [1.29, 1.82) is 0 Å². The molecule has 9 atom stereocenters. The molecule has 2 fully saturated rings. The zero-order chi connectivity index (χ0) is 27.6. The van der Waals surface area contributed by atoms with Gasteiger partial charge in [0.25, 0.3) is 0 Å². The van der Waals surface area contributed by atoms with Gasteiger partial charge >= 0.3 is 0 Å². The summed E-state index contributed by atoms with van der Waals surface area (Å²) in [6.07, 6.45) is -9.03. The summed E-state index contributed by atoms with van der Waals surface area (Å²) < 4.78 is 28.3. The summed E-state index contributed by atoms with van der Waals surface area (Å²) in [7, 11) is 2.80. The minimum atomic E-state index is -1.65. The van der Waals surface area contributed by atoms with E-state index in [1.165, 1.54) is 32.4 Å². The first-order chi connectivity index (χ1) is 18.2. The van der Waals surface area contributed by atoms with Crippen LogP contribution in [0.3, 0.4) is 0 Å². The van der Waals surface area contributed by atoms with Gasteiger partial charge in [0.2, 0.25) is 0 Å². The fraction of sp³-hybridized carbons (Fsp3) is 0.538. The van der Waals surface area contributed by atoms with Crippen molar-refractivity contribution in [2.24, 2.45) is 11.8 Å². The third kappa shape index (κ3) is 5.40. The lowest BCUT2D eigenvalue weighted by molar-refractivity contribution is -0.317. The predicted octanol–water partition coefficient (Wildman–Crippen LogP) is -0.0312. The van der Waals surface area contributed by atoms with Crippen LogP contribution in [0.1, 0.15) is 23.3 Å². The molecule has 38 heavy (non-hydrogen) atoms. The van der Waals surface area contributed by atoms with Crippen molar-refractivity contribution >= 4 is 0 Å². The number of methoxy groups -OCH3 is 2. The Morgan fingerprint density at radius 1 is 0.868 bits per heavy atom. The Morgan fingerprint density at radius 2 is 1.53 bits per heavy atom. The maximum absolute atomic E-state index is 10.6. The third-order valence-corrected chi connectivity index (χ3v) is 7.20. The van der Waals surface area contributed by atoms with E-state index in [1.54, 1.807) is 18.2 Å². The van der Waals surface area contributed by atoms with Gasteiger partial charge in [0.05, 0.1) is 39.6 Å². The van der Waals surface area contributed by atoms with Crippen molar-refractivity contribution in [1.82, 2.24) is 0 Å². The summed E-state index contributed by atoms with van der Waals surface area (Å²) in [6.45, 7) is -0.842. The van der Waals surface area contributed by atoms with Gasteiger partial charge in [-0.1, -0.05) is 12.1 Å². The smallest absolute Gasteiger partial charge is 0.187 e. The van der Waals surface area contributed by atoms with Gasteiger partial charge in [-0.05, 0) is 35.4 Å². The van der Waals surface area contributed by atoms with Crippen molar-refractivity contribution in [3.05, 3.63) is 47.5 Å². The molecule has 210 valence electrons. The molecule has 0 amide bonds. The number of aliphatic hydroxyl groups excluding tert-OH is 5. The third-order valence-electron chi connectivity index (χ3n) is 7.20. The van der Waals surface area contributed by atoms with Crippen LogP contribution >= 0.6 is 0 Å². The molecule has 12 nitrogen and oxygen atoms in total. The van der Waals surface area contributed by atoms with E-state index in [9.17, 15) is 35.7 Å². The molecule has 2 aliphatic heterocycles. The number of ether oxygens (including phenoxy) is 5. The van der Waals surface area contributed by atoms with Crippen molar-refractivity contribution in [2.75, 3.05) is 34.0 Å². The highest BCUT2D eigenvalue weighted by molar-refractivity contribution is 5.44. The minimum Gasteiger partial charge on any atom is -0.504 e. The Morgan fingerprint density at radius 3 is 2.16 bits per heavy atom. The molecule has 4 rings (SSSR count). The summed E-state index contributed by atoms with van der Waals surface area (Å²) in [5.41, 5.74) is 1.14. The van der Waals surface area contributed by atoms with Crippen molar-refractivity contribution < 1.29 is 59.4 Å². The first kappa shape index (κ1) is 28.3. The van der Waals surface area contributed by atoms with E-state index < -0.39 is 61.4 Å². The summed E-state index contributed by atoms with van der Waals surface area (Å²) >= 11 is 0. The van der Waals surface area contributed by atoms with Crippen LogP contribution in [0.2, 0.25) is 0 Å². The molecule has 0 aliphatic carbocycles. The Labute approximate surface area is 219 Å². The van der Waals surface area contributed by atoms with Crippen LogP contribution in [0, 0.1) is 11.8 Å². The van der Waals surface area contributed by atoms with Gasteiger partial charge < -0.3 is 59.4 Å². The van der Waals surface area contributed by atoms with E-state index in [4.69, 9.17) is 23.7 Å². The van der Waals surface area contributed by atoms with E-state index in [0.717, 1.165) is 0 Å². The molecule has 2 saturated heterocycles. The molecule has 12 heteroatoms. The standard InChI is InChI=1S/C26H34O12/c1-34-18-7-12(3-5-16(18)29)24-14(9-27)15(11-36-24)25(13-4-6-17(30)19(8-13)35-2)38-26-23(33)22(32)21(31)20(10-28)37-26/h3-8,14-15,20-33H,9-11H2,1-2H3/t14-,15-,20+,21+,22-,23+,24+,25?,26-/m0/s1. The molecule has 0 aromatic heterocycles. The van der Waals surface area contributed by atoms with E-state index >= 15 is 0 Å². The second-order valence-electron chi connectivity index (χ2n) is 9.38. The Hall–Kier alpha value is -2.68. The highest BCUT2D eigenvalue weighted by atomic mass is 16.7. The Bertz CT molecular complexity index is 1080. The molecule has 0 spiro atoms. The lowest BCUT2D eigenvalue weighted by Gasteiger charge is -2.42. The Kier molecular flexibility index (Phi) is 8.96. The van der Waals surface area contributed by atoms with Crippen LogP contribution in [0.15, 0.2) is 36.4 Å². The van der Waals surface area contributed by atoms with Crippen LogP contribution in [-0.4, -0.2) is 100 Å². The van der Waals surface area contributed by atoms with Gasteiger partial charge in [-0.25, -0.2) is 0 Å². The molecule has 2 aliphatic rings. The predicted molar refractivity (Wildman–Crippen MR) is 130 cm³/mol. The van der Waals surface area contributed by atoms with Crippen molar-refractivity contribution in [2.45, 2.75) is 42.9 Å². The fourth-order valence-electron chi connectivity index (χ4n) is 5.07. The van der Waals surface area contributed by atoms with Crippen LogP contribution in [0.5, 0.6) is 23.0 Å². The average molecular weight is 539 g/mol. The summed E-state index contributed by atoms with van der Waals surface area (Å²) in [5.74, 6) is -0.845. The average Bonchev–Trinajstić information content (AvgIpc) is 3.36. The molecular weight excluding hydrogens is 504 g/mol. The molecule has 1 unspecified atom stereocenters. The fourth-order valence-corrected chi connectivity index (χ4v) is 5.07. The van der Waals surface area contributed by atoms with Crippen LogP contribution in [-0.2, 0) is 14.2 Å². The number of hydrogen-bond donors (Lipinski definition) is 7. The summed E-state index contributed by atoms with van der Waals surface area (Å²) in [6, 6.07) is 9.26. The monoisotopic (exact) mass is 538 g/mol. The number of phenolic OH excluding ortho intramolecular Hbond substituents is 2. The van der Waals surface area contributed by atoms with Gasteiger partial charge in [0.15, 0.2) is 29.3 Å². The number of rotatable bonds is 9. The van der Waals surface area contributed by atoms with Crippen LogP contribution in [0.4, 0.5) is 0 Å². The SMILES string of the molecule is COc1cc(C(O[C@@H]2O[C@H](CO)[C@@H](O)[C@H](O)[C@H]2O)[C@H]2CO[C@H](c3ccc(O)c(OC)c3)[C@H]2CO)ccc1O. The lowest BCUT2D eigenvalue weighted by atomic mass is 9.82. The maximum Gasteiger partial charge on any atom is 0.187 e. The number of aliphatic hydroxyl groups is 5. The molecule has 0 saturated carbocycles. The first-order valence-electron chi connectivity index (χ1n) is 12.2. The highest BCUT2D eigenvalue weighted by Gasteiger charge is 2.48. The van der Waals surface area contributed by atoms with Gasteiger partial charge in [-0.15, -0.1) is 0 Å². The number of benzene rings is 2. The number of phenols is 2. The molecular formula is C26H34O12. The van der Waals surface area contributed by atoms with Crippen molar-refractivity contribution in [3.8, 4) is 23.0 Å². The quantitative estimate of drug-likeness (QED) is 0.226. The molecule has 0 bridgehead atoms. The maximum atomic E-state index is 10.6. The largest absolute Gasteiger partial charge is 0.504 e. The molecule has 0 radical (unpaired) electrons. The zero-order valence-corrected chi connectivity index (χ0v) is 21.0. The molecule has 2 aromatic carbocycles. The number of hydrogen-bond acceptors (Lipinski definition) is 12. The van der Waals surface area contributed by atoms with Crippen molar-refractivity contribution in [3.63, 3.8) is 0 Å². The summed E-state index contributed by atoms with van der Waals surface area (Å²) in [5, 5.41) is 71.2. The second-order valence-corrected chi connectivity index (χ2v) is 9.38. The molecule has 2 aromatic rings. The van der Waals surface area contributed by atoms with Gasteiger partial charge in [0.1, 0.15) is 24.4 Å². The minimum absolute atomic E-state index is 0.0497. The number of aromatic hydroxyl groups is 2. The van der Waals surface area contributed by atoms with Crippen LogP contribution in [0.25, 0.3) is 0 Å². The normalized spacial score (nSPS) is 32.2. The van der Waals surface area contributed by atoms with E-state index in [2.05, 4.69) is 0 Å². The van der Waals surface area contributed by atoms with E-state index in [0.29, 0.717) is 11.1 Å². The molecule has 7 N–H and O–H groups in total. The topological polar surface area (TPSA) is 188 Å². The summed E-state index contributed by atoms with van der Waals surface area (Å²) in [4.78, 5) is 0. The molecule has 2 heterocycles. The highest BCUT2D eigenvalue weighted by Crippen LogP contribution is 2.48. The Balaban J connectivity index is 1.70. The van der Waals surface area contributed by atoms with E-state index in [-0.39, 0.29) is 36.2 Å².